The molecule has 3 nitrogen and oxygen atoms in total. The fourth-order valence-corrected chi connectivity index (χ4v) is 2.26. The van der Waals surface area contributed by atoms with E-state index >= 15 is 0 Å². The van der Waals surface area contributed by atoms with Gasteiger partial charge in [0.2, 0.25) is 0 Å². The largest absolute Gasteiger partial charge is 0.496 e. The number of nitrogens with zero attached hydrogens (tertiary/aromatic N) is 1. The summed E-state index contributed by atoms with van der Waals surface area (Å²) in [7, 11) is 1.47. The lowest BCUT2D eigenvalue weighted by Crippen LogP contribution is -2.08. The Morgan fingerprint density at radius 2 is 1.76 bits per heavy atom. The van der Waals surface area contributed by atoms with Gasteiger partial charge in [-0.05, 0) is 43.2 Å². The van der Waals surface area contributed by atoms with Crippen LogP contribution in [0, 0.1) is 13.8 Å². The number of pyridine rings is 1. The molecule has 0 fully saturated rings. The Labute approximate surface area is 120 Å². The van der Waals surface area contributed by atoms with E-state index in [0.29, 0.717) is 11.3 Å². The summed E-state index contributed by atoms with van der Waals surface area (Å²) in [6.07, 6.45) is -4.47. The van der Waals surface area contributed by atoms with Gasteiger partial charge in [-0.15, -0.1) is 0 Å². The molecule has 0 saturated heterocycles. The van der Waals surface area contributed by atoms with Crippen LogP contribution in [0.25, 0.3) is 11.3 Å². The van der Waals surface area contributed by atoms with Crippen molar-refractivity contribution in [2.75, 3.05) is 12.8 Å². The molecule has 0 spiro atoms. The maximum atomic E-state index is 12.9. The molecular weight excluding hydrogens is 281 g/mol. The number of nitrogens with two attached hydrogens (primary N) is 1. The Kier molecular flexibility index (Phi) is 3.80. The summed E-state index contributed by atoms with van der Waals surface area (Å²) in [5.74, 6) is 0.292. The first-order valence-electron chi connectivity index (χ1n) is 6.22. The summed E-state index contributed by atoms with van der Waals surface area (Å²) >= 11 is 0. The van der Waals surface area contributed by atoms with Crippen molar-refractivity contribution in [1.82, 2.24) is 4.98 Å². The number of hydrogen-bond donors (Lipinski definition) is 1. The van der Waals surface area contributed by atoms with E-state index in [4.69, 9.17) is 10.5 Å². The first kappa shape index (κ1) is 15.2. The van der Waals surface area contributed by atoms with Crippen LogP contribution in [0.4, 0.5) is 19.0 Å². The molecule has 0 aliphatic carbocycles. The topological polar surface area (TPSA) is 48.1 Å². The van der Waals surface area contributed by atoms with Crippen LogP contribution in [-0.4, -0.2) is 12.1 Å². The van der Waals surface area contributed by atoms with Gasteiger partial charge in [0.25, 0.3) is 0 Å². The van der Waals surface area contributed by atoms with Crippen molar-refractivity contribution in [1.29, 1.82) is 0 Å². The van der Waals surface area contributed by atoms with Crippen LogP contribution in [0.5, 0.6) is 5.75 Å². The van der Waals surface area contributed by atoms with Gasteiger partial charge in [0.15, 0.2) is 0 Å². The van der Waals surface area contributed by atoms with Gasteiger partial charge < -0.3 is 10.5 Å². The molecule has 2 N–H and O–H groups in total. The zero-order valence-corrected chi connectivity index (χ0v) is 11.9. The summed E-state index contributed by atoms with van der Waals surface area (Å²) in [5, 5.41) is 0. The number of nitrogen functional groups attached to an aromatic ring is 1. The minimum absolute atomic E-state index is 0.150. The molecule has 0 aliphatic rings. The second kappa shape index (κ2) is 5.27. The highest BCUT2D eigenvalue weighted by atomic mass is 19.4. The molecule has 0 radical (unpaired) electrons. The molecule has 21 heavy (non-hydrogen) atoms. The summed E-state index contributed by atoms with van der Waals surface area (Å²) in [6, 6.07) is 5.41. The van der Waals surface area contributed by atoms with E-state index in [1.54, 1.807) is 13.0 Å². The molecule has 0 aliphatic heterocycles. The van der Waals surface area contributed by atoms with Gasteiger partial charge in [-0.1, -0.05) is 6.07 Å². The van der Waals surface area contributed by atoms with Crippen molar-refractivity contribution in [2.24, 2.45) is 0 Å². The Morgan fingerprint density at radius 3 is 2.33 bits per heavy atom. The van der Waals surface area contributed by atoms with Crippen molar-refractivity contribution in [3.05, 3.63) is 41.0 Å². The number of aromatic nitrogens is 1. The molecule has 2 rings (SSSR count). The first-order chi connectivity index (χ1) is 9.72. The Morgan fingerprint density at radius 1 is 1.10 bits per heavy atom. The fraction of sp³-hybridized carbons (Fsp3) is 0.267. The van der Waals surface area contributed by atoms with Crippen molar-refractivity contribution >= 4 is 5.82 Å². The van der Waals surface area contributed by atoms with Crippen molar-refractivity contribution in [2.45, 2.75) is 20.0 Å². The predicted octanol–water partition coefficient (Wildman–Crippen LogP) is 3.98. The lowest BCUT2D eigenvalue weighted by molar-refractivity contribution is -0.137. The average Bonchev–Trinajstić information content (AvgIpc) is 2.35. The van der Waals surface area contributed by atoms with Gasteiger partial charge in [0, 0.05) is 5.56 Å². The van der Waals surface area contributed by atoms with Crippen LogP contribution in [-0.2, 0) is 6.18 Å². The third kappa shape index (κ3) is 3.09. The monoisotopic (exact) mass is 296 g/mol. The lowest BCUT2D eigenvalue weighted by Gasteiger charge is -2.15. The van der Waals surface area contributed by atoms with E-state index in [1.807, 2.05) is 13.0 Å². The van der Waals surface area contributed by atoms with Gasteiger partial charge in [-0.3, -0.25) is 0 Å². The van der Waals surface area contributed by atoms with E-state index in [0.717, 1.165) is 23.3 Å². The molecule has 112 valence electrons. The molecule has 2 aromatic rings. The molecule has 1 aromatic heterocycles. The van der Waals surface area contributed by atoms with Crippen molar-refractivity contribution < 1.29 is 17.9 Å². The highest BCUT2D eigenvalue weighted by Gasteiger charge is 2.32. The molecular formula is C15H15F3N2O. The second-order valence-electron chi connectivity index (χ2n) is 4.82. The van der Waals surface area contributed by atoms with Crippen LogP contribution in [0.2, 0.25) is 0 Å². The van der Waals surface area contributed by atoms with Gasteiger partial charge in [-0.2, -0.15) is 13.2 Å². The van der Waals surface area contributed by atoms with E-state index in [2.05, 4.69) is 4.98 Å². The predicted molar refractivity (Wildman–Crippen MR) is 75.1 cm³/mol. The second-order valence-corrected chi connectivity index (χ2v) is 4.82. The van der Waals surface area contributed by atoms with Gasteiger partial charge in [0.1, 0.15) is 11.6 Å². The molecule has 0 amide bonds. The van der Waals surface area contributed by atoms with Crippen molar-refractivity contribution in [3.63, 3.8) is 0 Å². The lowest BCUT2D eigenvalue weighted by atomic mass is 10.00. The average molecular weight is 296 g/mol. The number of benzene rings is 1. The van der Waals surface area contributed by atoms with Crippen LogP contribution in [0.3, 0.4) is 0 Å². The SMILES string of the molecule is COc1cc(C)cc(C)c1-c1cc(C(F)(F)F)cc(N)n1. The molecule has 0 unspecified atom stereocenters. The fourth-order valence-electron chi connectivity index (χ4n) is 2.26. The third-order valence-corrected chi connectivity index (χ3v) is 3.09. The number of methoxy groups -OCH3 is 1. The number of rotatable bonds is 2. The number of alkyl halides is 3. The molecule has 1 aromatic carbocycles. The van der Waals surface area contributed by atoms with E-state index in [1.165, 1.54) is 7.11 Å². The molecule has 0 atom stereocenters. The van der Waals surface area contributed by atoms with E-state index < -0.39 is 11.7 Å². The zero-order valence-electron chi connectivity index (χ0n) is 11.9. The summed E-state index contributed by atoms with van der Waals surface area (Å²) < 4.78 is 44.0. The van der Waals surface area contributed by atoms with Crippen LogP contribution < -0.4 is 10.5 Å². The zero-order chi connectivity index (χ0) is 15.8. The number of anilines is 1. The third-order valence-electron chi connectivity index (χ3n) is 3.09. The number of ether oxygens (including phenoxy) is 1. The maximum Gasteiger partial charge on any atom is 0.416 e. The van der Waals surface area contributed by atoms with Crippen LogP contribution in [0.15, 0.2) is 24.3 Å². The standard InChI is InChI=1S/C15H15F3N2O/c1-8-4-9(2)14(12(5-8)21-3)11-6-10(15(16,17)18)7-13(19)20-11/h4-7H,1-3H3,(H2,19,20). The highest BCUT2D eigenvalue weighted by molar-refractivity contribution is 5.73. The normalized spacial score (nSPS) is 11.5. The molecule has 0 bridgehead atoms. The first-order valence-corrected chi connectivity index (χ1v) is 6.22. The van der Waals surface area contributed by atoms with Crippen LogP contribution in [0.1, 0.15) is 16.7 Å². The summed E-state index contributed by atoms with van der Waals surface area (Å²) in [5.41, 5.74) is 7.08. The van der Waals surface area contributed by atoms with Crippen molar-refractivity contribution in [3.8, 4) is 17.0 Å². The summed E-state index contributed by atoms with van der Waals surface area (Å²) in [6.45, 7) is 3.68. The molecule has 1 heterocycles. The summed E-state index contributed by atoms with van der Waals surface area (Å²) in [4.78, 5) is 4.01. The van der Waals surface area contributed by atoms with E-state index in [-0.39, 0.29) is 11.5 Å². The van der Waals surface area contributed by atoms with Crippen LogP contribution >= 0.6 is 0 Å². The van der Waals surface area contributed by atoms with E-state index in [9.17, 15) is 13.2 Å². The van der Waals surface area contributed by atoms with Gasteiger partial charge >= 0.3 is 6.18 Å². The minimum Gasteiger partial charge on any atom is -0.496 e. The molecule has 6 heteroatoms. The number of aryl methyl sites for hydroxylation is 2. The number of halogens is 3. The Hall–Kier alpha value is -2.24. The maximum absolute atomic E-state index is 12.9. The Bertz CT molecular complexity index is 681. The number of hydrogen-bond acceptors (Lipinski definition) is 3. The highest BCUT2D eigenvalue weighted by Crippen LogP contribution is 2.37. The minimum atomic E-state index is -4.47. The molecule has 0 saturated carbocycles. The van der Waals surface area contributed by atoms with Gasteiger partial charge in [0.05, 0.1) is 18.4 Å². The quantitative estimate of drug-likeness (QED) is 0.912. The van der Waals surface area contributed by atoms with Gasteiger partial charge in [-0.25, -0.2) is 4.98 Å². The smallest absolute Gasteiger partial charge is 0.416 e. The Balaban J connectivity index is 2.70.